The molecule has 0 saturated heterocycles. The number of pyridine rings is 1. The summed E-state index contributed by atoms with van der Waals surface area (Å²) in [6, 6.07) is 21.1. The van der Waals surface area contributed by atoms with Crippen LogP contribution in [0.5, 0.6) is 0 Å². The van der Waals surface area contributed by atoms with Crippen molar-refractivity contribution in [3.63, 3.8) is 0 Å². The lowest BCUT2D eigenvalue weighted by atomic mass is 9.82. The summed E-state index contributed by atoms with van der Waals surface area (Å²) in [4.78, 5) is 4.74. The lowest BCUT2D eigenvalue weighted by Crippen LogP contribution is -2.12. The Balaban J connectivity index is 1.68. The number of furan rings is 2. The SMILES string of the molecule is CC(C)(C)c1cc(-c2nccc3c2oc2cc4ccoc4cc23)cc2ccccc12. The van der Waals surface area contributed by atoms with Crippen LogP contribution >= 0.6 is 0 Å². The highest BCUT2D eigenvalue weighted by atomic mass is 16.3. The summed E-state index contributed by atoms with van der Waals surface area (Å²) < 4.78 is 12.0. The summed E-state index contributed by atoms with van der Waals surface area (Å²) in [7, 11) is 0. The molecule has 0 unspecified atom stereocenters. The van der Waals surface area contributed by atoms with E-state index in [9.17, 15) is 0 Å². The van der Waals surface area contributed by atoms with E-state index in [2.05, 4.69) is 63.2 Å². The van der Waals surface area contributed by atoms with Gasteiger partial charge >= 0.3 is 0 Å². The molecule has 3 heterocycles. The first-order valence-electron chi connectivity index (χ1n) is 10.2. The number of nitrogens with zero attached hydrogens (tertiary/aromatic N) is 1. The maximum atomic E-state index is 6.35. The van der Waals surface area contributed by atoms with Gasteiger partial charge in [0.2, 0.25) is 0 Å². The van der Waals surface area contributed by atoms with Crippen LogP contribution in [0.4, 0.5) is 0 Å². The molecule has 6 rings (SSSR count). The van der Waals surface area contributed by atoms with E-state index in [0.717, 1.165) is 44.2 Å². The standard InChI is InChI=1S/C27H21NO2/c1-27(2,3)22-13-18(12-16-6-4-5-7-19(16)22)25-26-20(8-10-28-25)21-15-23-17(9-11-29-23)14-24(21)30-26/h4-15H,1-3H3. The molecule has 3 aromatic heterocycles. The second kappa shape index (κ2) is 5.96. The van der Waals surface area contributed by atoms with Crippen LogP contribution < -0.4 is 0 Å². The Labute approximate surface area is 173 Å². The Bertz CT molecular complexity index is 1580. The second-order valence-electron chi connectivity index (χ2n) is 8.94. The molecule has 0 saturated carbocycles. The van der Waals surface area contributed by atoms with Gasteiger partial charge in [0.15, 0.2) is 5.58 Å². The lowest BCUT2D eigenvalue weighted by molar-refractivity contribution is 0.596. The van der Waals surface area contributed by atoms with Gasteiger partial charge in [0.1, 0.15) is 16.9 Å². The normalized spacial score (nSPS) is 12.5. The van der Waals surface area contributed by atoms with E-state index in [0.29, 0.717) is 0 Å². The van der Waals surface area contributed by atoms with Gasteiger partial charge in [-0.2, -0.15) is 0 Å². The zero-order chi connectivity index (χ0) is 20.5. The third-order valence-electron chi connectivity index (χ3n) is 5.90. The summed E-state index contributed by atoms with van der Waals surface area (Å²) in [5.41, 5.74) is 5.80. The van der Waals surface area contributed by atoms with Crippen molar-refractivity contribution in [2.24, 2.45) is 0 Å². The van der Waals surface area contributed by atoms with E-state index in [-0.39, 0.29) is 5.41 Å². The Morgan fingerprint density at radius 2 is 1.63 bits per heavy atom. The maximum absolute atomic E-state index is 6.35. The van der Waals surface area contributed by atoms with E-state index >= 15 is 0 Å². The van der Waals surface area contributed by atoms with Crippen molar-refractivity contribution in [2.75, 3.05) is 0 Å². The van der Waals surface area contributed by atoms with Crippen molar-refractivity contribution in [1.29, 1.82) is 0 Å². The average Bonchev–Trinajstić information content (AvgIpc) is 3.33. The summed E-state index contributed by atoms with van der Waals surface area (Å²) in [5.74, 6) is 0. The molecule has 0 bridgehead atoms. The molecule has 6 aromatic rings. The third-order valence-corrected chi connectivity index (χ3v) is 5.90. The van der Waals surface area contributed by atoms with Crippen molar-refractivity contribution >= 4 is 43.7 Å². The highest BCUT2D eigenvalue weighted by Crippen LogP contribution is 2.39. The van der Waals surface area contributed by atoms with Crippen LogP contribution in [0.2, 0.25) is 0 Å². The van der Waals surface area contributed by atoms with E-state index in [1.54, 1.807) is 6.26 Å². The molecular formula is C27H21NO2. The molecule has 0 radical (unpaired) electrons. The van der Waals surface area contributed by atoms with Crippen LogP contribution in [0.15, 0.2) is 82.0 Å². The molecule has 0 aliphatic heterocycles. The quantitative estimate of drug-likeness (QED) is 0.286. The lowest BCUT2D eigenvalue weighted by Gasteiger charge is -2.22. The molecule has 3 aromatic carbocycles. The molecule has 30 heavy (non-hydrogen) atoms. The molecule has 3 heteroatoms. The number of hydrogen-bond donors (Lipinski definition) is 0. The van der Waals surface area contributed by atoms with Gasteiger partial charge in [0, 0.05) is 27.9 Å². The molecule has 0 N–H and O–H groups in total. The molecular weight excluding hydrogens is 370 g/mol. The molecule has 0 spiro atoms. The van der Waals surface area contributed by atoms with Crippen molar-refractivity contribution in [1.82, 2.24) is 4.98 Å². The molecule has 0 atom stereocenters. The van der Waals surface area contributed by atoms with Crippen LogP contribution in [-0.4, -0.2) is 4.98 Å². The third kappa shape index (κ3) is 2.48. The summed E-state index contributed by atoms with van der Waals surface area (Å²) >= 11 is 0. The van der Waals surface area contributed by atoms with Gasteiger partial charge in [0.05, 0.1) is 6.26 Å². The van der Waals surface area contributed by atoms with Crippen molar-refractivity contribution in [3.8, 4) is 11.3 Å². The Kier molecular flexibility index (Phi) is 3.43. The van der Waals surface area contributed by atoms with Crippen LogP contribution in [0.3, 0.4) is 0 Å². The predicted octanol–water partition coefficient (Wildman–Crippen LogP) is 7.84. The number of fused-ring (bicyclic) bond motifs is 5. The molecule has 146 valence electrons. The zero-order valence-corrected chi connectivity index (χ0v) is 17.2. The smallest absolute Gasteiger partial charge is 0.161 e. The van der Waals surface area contributed by atoms with Gasteiger partial charge < -0.3 is 8.83 Å². The topological polar surface area (TPSA) is 39.2 Å². The zero-order valence-electron chi connectivity index (χ0n) is 17.2. The predicted molar refractivity (Wildman–Crippen MR) is 123 cm³/mol. The van der Waals surface area contributed by atoms with Crippen molar-refractivity contribution in [3.05, 3.63) is 78.7 Å². The minimum Gasteiger partial charge on any atom is -0.464 e. The number of benzene rings is 3. The van der Waals surface area contributed by atoms with E-state index in [1.807, 2.05) is 24.4 Å². The summed E-state index contributed by atoms with van der Waals surface area (Å²) in [5, 5.41) is 5.64. The second-order valence-corrected chi connectivity index (χ2v) is 8.94. The van der Waals surface area contributed by atoms with Gasteiger partial charge in [-0.05, 0) is 58.1 Å². The van der Waals surface area contributed by atoms with Gasteiger partial charge in [0.25, 0.3) is 0 Å². The van der Waals surface area contributed by atoms with Gasteiger partial charge in [-0.25, -0.2) is 0 Å². The van der Waals surface area contributed by atoms with Crippen molar-refractivity contribution in [2.45, 2.75) is 26.2 Å². The number of aromatic nitrogens is 1. The minimum absolute atomic E-state index is 0.0157. The average molecular weight is 391 g/mol. The molecule has 0 amide bonds. The first-order chi connectivity index (χ1) is 14.5. The minimum atomic E-state index is 0.0157. The Morgan fingerprint density at radius 3 is 2.50 bits per heavy atom. The maximum Gasteiger partial charge on any atom is 0.161 e. The molecule has 3 nitrogen and oxygen atoms in total. The van der Waals surface area contributed by atoms with Crippen molar-refractivity contribution < 1.29 is 8.83 Å². The number of rotatable bonds is 1. The van der Waals surface area contributed by atoms with Gasteiger partial charge in [-0.1, -0.05) is 45.0 Å². The molecule has 0 fully saturated rings. The Morgan fingerprint density at radius 1 is 0.767 bits per heavy atom. The fraction of sp³-hybridized carbons (Fsp3) is 0.148. The highest BCUT2D eigenvalue weighted by molar-refractivity contribution is 6.12. The summed E-state index contributed by atoms with van der Waals surface area (Å²) in [6.07, 6.45) is 3.58. The van der Waals surface area contributed by atoms with E-state index in [1.165, 1.54) is 16.3 Å². The monoisotopic (exact) mass is 391 g/mol. The Hall–Kier alpha value is -3.59. The first kappa shape index (κ1) is 17.3. The van der Waals surface area contributed by atoms with E-state index < -0.39 is 0 Å². The first-order valence-corrected chi connectivity index (χ1v) is 10.2. The van der Waals surface area contributed by atoms with Crippen LogP contribution in [0.25, 0.3) is 54.9 Å². The van der Waals surface area contributed by atoms with E-state index in [4.69, 9.17) is 13.8 Å². The van der Waals surface area contributed by atoms with Crippen LogP contribution in [-0.2, 0) is 5.41 Å². The van der Waals surface area contributed by atoms with Gasteiger partial charge in [-0.3, -0.25) is 4.98 Å². The number of hydrogen-bond acceptors (Lipinski definition) is 3. The molecule has 0 aliphatic carbocycles. The van der Waals surface area contributed by atoms with Crippen LogP contribution in [0, 0.1) is 0 Å². The van der Waals surface area contributed by atoms with Gasteiger partial charge in [-0.15, -0.1) is 0 Å². The van der Waals surface area contributed by atoms with Crippen LogP contribution in [0.1, 0.15) is 26.3 Å². The highest BCUT2D eigenvalue weighted by Gasteiger charge is 2.20. The fourth-order valence-electron chi connectivity index (χ4n) is 4.43. The molecule has 0 aliphatic rings. The fourth-order valence-corrected chi connectivity index (χ4v) is 4.43. The largest absolute Gasteiger partial charge is 0.464 e. The summed E-state index contributed by atoms with van der Waals surface area (Å²) in [6.45, 7) is 6.76.